The maximum atomic E-state index is 13.8. The van der Waals surface area contributed by atoms with Crippen molar-refractivity contribution in [1.82, 2.24) is 20.4 Å². The minimum Gasteiger partial charge on any atom is -0.493 e. The van der Waals surface area contributed by atoms with Gasteiger partial charge in [0.05, 0.1) is 35.3 Å². The summed E-state index contributed by atoms with van der Waals surface area (Å²) >= 11 is 0. The van der Waals surface area contributed by atoms with Crippen LogP contribution in [0.5, 0.6) is 5.75 Å². The normalized spacial score (nSPS) is 29.4. The predicted molar refractivity (Wildman–Crippen MR) is 169 cm³/mol. The smallest absolute Gasteiger partial charge is 0.255 e. The molecule has 6 rings (SSSR count). The topological polar surface area (TPSA) is 138 Å². The Kier molecular flexibility index (Phi) is 9.49. The number of fused-ring (bicyclic) bond motifs is 5. The first-order valence-electron chi connectivity index (χ1n) is 16.0. The van der Waals surface area contributed by atoms with E-state index in [9.17, 15) is 23.1 Å². The Hall–Kier alpha value is -3.03. The highest BCUT2D eigenvalue weighted by atomic mass is 32.2. The molecular formula is C33H44N4O7S. The number of hydrogen-bond donors (Lipinski definition) is 3. The van der Waals surface area contributed by atoms with Crippen molar-refractivity contribution in [2.75, 3.05) is 46.1 Å². The number of rotatable bonds is 3. The predicted octanol–water partition coefficient (Wildman–Crippen LogP) is 1.83. The molecule has 2 aromatic carbocycles. The number of nitrogens with one attached hydrogen (secondary N) is 2. The lowest BCUT2D eigenvalue weighted by atomic mass is 9.99. The lowest BCUT2D eigenvalue weighted by Gasteiger charge is -2.38. The zero-order valence-corrected chi connectivity index (χ0v) is 26.8. The summed E-state index contributed by atoms with van der Waals surface area (Å²) in [4.78, 5) is 32.2. The summed E-state index contributed by atoms with van der Waals surface area (Å²) in [5, 5.41) is 16.9. The van der Waals surface area contributed by atoms with Crippen LogP contribution in [0.3, 0.4) is 0 Å². The van der Waals surface area contributed by atoms with Gasteiger partial charge in [0.2, 0.25) is 5.91 Å². The van der Waals surface area contributed by atoms with E-state index in [1.54, 1.807) is 30.3 Å². The molecule has 12 heteroatoms. The number of sulfone groups is 1. The first-order valence-corrected chi connectivity index (χ1v) is 17.9. The second-order valence-electron chi connectivity index (χ2n) is 13.0. The van der Waals surface area contributed by atoms with Crippen molar-refractivity contribution >= 4 is 21.7 Å². The van der Waals surface area contributed by atoms with Crippen LogP contribution in [-0.4, -0.2) is 118 Å². The van der Waals surface area contributed by atoms with Gasteiger partial charge in [-0.05, 0) is 87.6 Å². The van der Waals surface area contributed by atoms with Crippen molar-refractivity contribution in [2.45, 2.75) is 79.9 Å². The number of carbonyl (C=O) groups excluding carboxylic acids is 2. The quantitative estimate of drug-likeness (QED) is 0.459. The van der Waals surface area contributed by atoms with E-state index >= 15 is 0 Å². The van der Waals surface area contributed by atoms with Crippen LogP contribution in [0.2, 0.25) is 0 Å². The van der Waals surface area contributed by atoms with E-state index in [0.29, 0.717) is 50.1 Å². The van der Waals surface area contributed by atoms with E-state index in [2.05, 4.69) is 27.5 Å². The number of nitrogens with zero attached hydrogens (tertiary/aromatic N) is 2. The number of likely N-dealkylation sites (tertiary alicyclic amines) is 2. The van der Waals surface area contributed by atoms with Gasteiger partial charge in [0.15, 0.2) is 9.84 Å². The number of piperidine rings is 1. The van der Waals surface area contributed by atoms with Crippen molar-refractivity contribution in [1.29, 1.82) is 0 Å². The van der Waals surface area contributed by atoms with E-state index < -0.39 is 22.0 Å². The Morgan fingerprint density at radius 2 is 1.69 bits per heavy atom. The fraction of sp³-hybridized carbons (Fsp3) is 0.576. The zero-order valence-electron chi connectivity index (χ0n) is 26.0. The molecule has 3 N–H and O–H groups in total. The Bertz CT molecular complexity index is 1490. The van der Waals surface area contributed by atoms with E-state index in [1.807, 2.05) is 12.1 Å². The first-order chi connectivity index (χ1) is 21.5. The molecule has 4 heterocycles. The van der Waals surface area contributed by atoms with Crippen LogP contribution < -0.4 is 15.4 Å². The fourth-order valence-electron chi connectivity index (χ4n) is 7.08. The van der Waals surface area contributed by atoms with Crippen LogP contribution in [0.1, 0.15) is 48.9 Å². The number of benzene rings is 2. The number of amides is 2. The number of aliphatic hydroxyl groups excluding tert-OH is 1. The molecule has 0 spiro atoms. The third-order valence-electron chi connectivity index (χ3n) is 9.73. The van der Waals surface area contributed by atoms with Gasteiger partial charge in [-0.15, -0.1) is 0 Å². The van der Waals surface area contributed by atoms with Gasteiger partial charge in [-0.2, -0.15) is 0 Å². The molecule has 4 aliphatic rings. The van der Waals surface area contributed by atoms with Crippen LogP contribution >= 0.6 is 0 Å². The SMILES string of the molecule is CN1CCC(N2C[C@@H]3C[C@H]2C(=O)NC[C@H]2O[C@H](CCOc4cc(-c5ccc(S(C)(=O)=O)cc5)ccc4C(=O)N3)CC[C@@H]2O)CC1. The van der Waals surface area contributed by atoms with Crippen molar-refractivity contribution in [2.24, 2.45) is 0 Å². The number of ether oxygens (including phenoxy) is 2. The van der Waals surface area contributed by atoms with Gasteiger partial charge in [-0.1, -0.05) is 18.2 Å². The van der Waals surface area contributed by atoms with Crippen LogP contribution in [0, 0.1) is 0 Å². The van der Waals surface area contributed by atoms with Crippen LogP contribution in [0.25, 0.3) is 11.1 Å². The summed E-state index contributed by atoms with van der Waals surface area (Å²) in [5.41, 5.74) is 1.99. The van der Waals surface area contributed by atoms with Gasteiger partial charge in [-0.3, -0.25) is 14.5 Å². The molecule has 4 aliphatic heterocycles. The number of hydrogen-bond acceptors (Lipinski definition) is 9. The van der Waals surface area contributed by atoms with Gasteiger partial charge >= 0.3 is 0 Å². The van der Waals surface area contributed by atoms with E-state index in [-0.39, 0.29) is 47.5 Å². The third kappa shape index (κ3) is 7.36. The highest BCUT2D eigenvalue weighted by molar-refractivity contribution is 7.90. The van der Waals surface area contributed by atoms with Crippen LogP contribution in [-0.2, 0) is 19.4 Å². The maximum absolute atomic E-state index is 13.8. The Morgan fingerprint density at radius 1 is 0.956 bits per heavy atom. The number of aliphatic hydroxyl groups is 1. The highest BCUT2D eigenvalue weighted by Crippen LogP contribution is 2.31. The second kappa shape index (κ2) is 13.4. The Balaban J connectivity index is 1.29. The van der Waals surface area contributed by atoms with Crippen molar-refractivity contribution in [3.05, 3.63) is 48.0 Å². The third-order valence-corrected chi connectivity index (χ3v) is 10.9. The monoisotopic (exact) mass is 640 g/mol. The molecule has 2 amide bonds. The Labute approximate surface area is 265 Å². The highest BCUT2D eigenvalue weighted by Gasteiger charge is 2.42. The number of carbonyl (C=O) groups is 2. The molecule has 45 heavy (non-hydrogen) atoms. The summed E-state index contributed by atoms with van der Waals surface area (Å²) in [6.45, 7) is 3.02. The van der Waals surface area contributed by atoms with Gasteiger partial charge in [-0.25, -0.2) is 8.42 Å². The molecule has 2 aromatic rings. The van der Waals surface area contributed by atoms with Crippen LogP contribution in [0.15, 0.2) is 47.4 Å². The molecule has 5 atom stereocenters. The van der Waals surface area contributed by atoms with Gasteiger partial charge in [0.25, 0.3) is 5.91 Å². The summed E-state index contributed by atoms with van der Waals surface area (Å²) in [6, 6.07) is 11.7. The van der Waals surface area contributed by atoms with E-state index in [1.165, 1.54) is 6.26 Å². The minimum absolute atomic E-state index is 0.0917. The van der Waals surface area contributed by atoms with Gasteiger partial charge in [0, 0.05) is 37.8 Å². The zero-order chi connectivity index (χ0) is 31.7. The molecule has 3 fully saturated rings. The minimum atomic E-state index is -3.32. The molecule has 0 aromatic heterocycles. The maximum Gasteiger partial charge on any atom is 0.255 e. The molecular weight excluding hydrogens is 596 g/mol. The first kappa shape index (κ1) is 31.9. The van der Waals surface area contributed by atoms with Crippen molar-refractivity contribution in [3.63, 3.8) is 0 Å². The Morgan fingerprint density at radius 3 is 2.42 bits per heavy atom. The molecule has 0 radical (unpaired) electrons. The van der Waals surface area contributed by atoms with Crippen molar-refractivity contribution in [3.8, 4) is 16.9 Å². The molecule has 11 nitrogen and oxygen atoms in total. The molecule has 0 unspecified atom stereocenters. The lowest BCUT2D eigenvalue weighted by molar-refractivity contribution is -0.134. The largest absolute Gasteiger partial charge is 0.493 e. The lowest BCUT2D eigenvalue weighted by Crippen LogP contribution is -2.53. The average molecular weight is 641 g/mol. The molecule has 244 valence electrons. The molecule has 4 bridgehead atoms. The van der Waals surface area contributed by atoms with Crippen molar-refractivity contribution < 1.29 is 32.6 Å². The summed E-state index contributed by atoms with van der Waals surface area (Å²) in [7, 11) is -1.21. The van der Waals surface area contributed by atoms with Crippen LogP contribution in [0.4, 0.5) is 0 Å². The summed E-state index contributed by atoms with van der Waals surface area (Å²) in [5.74, 6) is 0.0738. The van der Waals surface area contributed by atoms with E-state index in [0.717, 1.165) is 37.1 Å². The molecule has 0 aliphatic carbocycles. The van der Waals surface area contributed by atoms with Gasteiger partial charge in [0.1, 0.15) is 11.9 Å². The summed E-state index contributed by atoms with van der Waals surface area (Å²) in [6.07, 6.45) is 4.07. The van der Waals surface area contributed by atoms with Gasteiger partial charge < -0.3 is 30.1 Å². The fourth-order valence-corrected chi connectivity index (χ4v) is 7.71. The average Bonchev–Trinajstić information content (AvgIpc) is 3.44. The summed E-state index contributed by atoms with van der Waals surface area (Å²) < 4.78 is 36.4. The molecule has 3 saturated heterocycles. The second-order valence-corrected chi connectivity index (χ2v) is 15.0. The van der Waals surface area contributed by atoms with E-state index in [4.69, 9.17) is 9.47 Å². The molecule has 0 saturated carbocycles. The standard InChI is InChI=1S/C33H44N4O7S/c1-36-14-11-24(12-15-36)37-20-23-18-28(37)33(40)34-19-31-29(38)10-6-25(44-31)13-16-43-30-17-22(5-9-27(30)32(39)35-23)21-3-7-26(8-4-21)45(2,41)42/h3-5,7-9,17,23-25,28-29,31,38H,6,10-16,18-20H2,1-2H3,(H,34,40)(H,35,39)/t23-,25-,28-,29-,31+/m0/s1.